The minimum atomic E-state index is -0.976. The molecule has 0 atom stereocenters. The lowest BCUT2D eigenvalue weighted by Gasteiger charge is -2.16. The van der Waals surface area contributed by atoms with E-state index in [4.69, 9.17) is 5.11 Å². The molecule has 0 aromatic heterocycles. The van der Waals surface area contributed by atoms with Crippen molar-refractivity contribution < 1.29 is 14.7 Å². The number of carboxylic acid groups (broad SMARTS) is 1. The maximum absolute atomic E-state index is 11.8. The predicted molar refractivity (Wildman–Crippen MR) is 101 cm³/mol. The number of hydrogen-bond acceptors (Lipinski definition) is 3. The van der Waals surface area contributed by atoms with Crippen molar-refractivity contribution in [2.45, 2.75) is 19.5 Å². The van der Waals surface area contributed by atoms with Gasteiger partial charge in [0.1, 0.15) is 0 Å². The minimum absolute atomic E-state index is 0.214. The molecule has 0 aliphatic carbocycles. The molecule has 0 spiro atoms. The van der Waals surface area contributed by atoms with Gasteiger partial charge in [0.15, 0.2) is 0 Å². The van der Waals surface area contributed by atoms with Crippen molar-refractivity contribution >= 4 is 12.0 Å². The molecule has 0 aliphatic rings. The number of hydrogen-bond donors (Lipinski definition) is 3. The average molecular weight is 355 g/mol. The highest BCUT2D eigenvalue weighted by Crippen LogP contribution is 2.05. The van der Waals surface area contributed by atoms with E-state index >= 15 is 0 Å². The normalized spacial score (nSPS) is 10.5. The van der Waals surface area contributed by atoms with Gasteiger partial charge in [0, 0.05) is 19.6 Å². The molecule has 26 heavy (non-hydrogen) atoms. The van der Waals surface area contributed by atoms with E-state index in [-0.39, 0.29) is 11.6 Å². The van der Waals surface area contributed by atoms with E-state index in [0.717, 1.165) is 25.1 Å². The van der Waals surface area contributed by atoms with Crippen LogP contribution in [0, 0.1) is 0 Å². The van der Waals surface area contributed by atoms with Crippen molar-refractivity contribution in [3.8, 4) is 0 Å². The summed E-state index contributed by atoms with van der Waals surface area (Å²) < 4.78 is 0. The fourth-order valence-electron chi connectivity index (χ4n) is 2.58. The molecule has 0 saturated heterocycles. The number of carboxylic acids is 1. The van der Waals surface area contributed by atoms with E-state index in [1.165, 1.54) is 11.6 Å². The zero-order chi connectivity index (χ0) is 18.8. The molecular weight excluding hydrogens is 330 g/mol. The van der Waals surface area contributed by atoms with Crippen LogP contribution in [0.25, 0.3) is 0 Å². The highest BCUT2D eigenvalue weighted by Gasteiger charge is 2.05. The Balaban J connectivity index is 1.61. The fraction of sp³-hybridized carbons (Fsp3) is 0.300. The summed E-state index contributed by atoms with van der Waals surface area (Å²) >= 11 is 0. The molecule has 2 rings (SSSR count). The van der Waals surface area contributed by atoms with Crippen LogP contribution in [0.2, 0.25) is 0 Å². The van der Waals surface area contributed by atoms with E-state index < -0.39 is 5.97 Å². The average Bonchev–Trinajstić information content (AvgIpc) is 2.64. The molecule has 2 aromatic rings. The lowest BCUT2D eigenvalue weighted by atomic mass is 10.1. The van der Waals surface area contributed by atoms with Gasteiger partial charge in [-0.15, -0.1) is 0 Å². The second-order valence-electron chi connectivity index (χ2n) is 6.19. The summed E-state index contributed by atoms with van der Waals surface area (Å²) in [5, 5.41) is 14.5. The van der Waals surface area contributed by atoms with E-state index in [1.54, 1.807) is 18.2 Å². The monoisotopic (exact) mass is 355 g/mol. The summed E-state index contributed by atoms with van der Waals surface area (Å²) in [6, 6.07) is 16.5. The quantitative estimate of drug-likeness (QED) is 0.604. The molecule has 2 aromatic carbocycles. The minimum Gasteiger partial charge on any atom is -0.478 e. The van der Waals surface area contributed by atoms with Crippen LogP contribution in [-0.4, -0.2) is 42.1 Å². The summed E-state index contributed by atoms with van der Waals surface area (Å²) in [5.74, 6) is -0.976. The van der Waals surface area contributed by atoms with Gasteiger partial charge in [-0.2, -0.15) is 0 Å². The Hall–Kier alpha value is -2.86. The van der Waals surface area contributed by atoms with Crippen LogP contribution >= 0.6 is 0 Å². The number of carbonyl (C=O) groups excluding carboxylic acids is 1. The topological polar surface area (TPSA) is 81.7 Å². The molecule has 0 bridgehead atoms. The van der Waals surface area contributed by atoms with Gasteiger partial charge in [0.25, 0.3) is 0 Å². The Morgan fingerprint density at radius 2 is 1.73 bits per heavy atom. The maximum atomic E-state index is 11.8. The standard InChI is InChI=1S/C20H25N3O3/c1-23(15-16-7-3-2-4-8-16)12-6-11-21-20(26)22-14-17-9-5-10-18(13-17)19(24)25/h2-5,7-10,13H,6,11-12,14-15H2,1H3,(H,24,25)(H2,21,22,26). The molecule has 0 radical (unpaired) electrons. The van der Waals surface area contributed by atoms with E-state index in [2.05, 4.69) is 34.7 Å². The van der Waals surface area contributed by atoms with Crippen LogP contribution < -0.4 is 10.6 Å². The van der Waals surface area contributed by atoms with Crippen molar-refractivity contribution in [1.82, 2.24) is 15.5 Å². The summed E-state index contributed by atoms with van der Waals surface area (Å²) in [6.07, 6.45) is 0.852. The van der Waals surface area contributed by atoms with Crippen molar-refractivity contribution in [3.05, 3.63) is 71.3 Å². The Morgan fingerprint density at radius 3 is 2.46 bits per heavy atom. The largest absolute Gasteiger partial charge is 0.478 e. The third kappa shape index (κ3) is 6.94. The second kappa shape index (κ2) is 10.2. The van der Waals surface area contributed by atoms with Gasteiger partial charge < -0.3 is 20.6 Å². The Kier molecular flexibility index (Phi) is 7.64. The maximum Gasteiger partial charge on any atom is 0.335 e. The summed E-state index contributed by atoms with van der Waals surface area (Å²) in [5.41, 5.74) is 2.23. The van der Waals surface area contributed by atoms with Gasteiger partial charge in [-0.3, -0.25) is 0 Å². The van der Waals surface area contributed by atoms with E-state index in [9.17, 15) is 9.59 Å². The first kappa shape index (κ1) is 19.5. The van der Waals surface area contributed by atoms with Crippen LogP contribution in [0.4, 0.5) is 4.79 Å². The molecule has 0 saturated carbocycles. The van der Waals surface area contributed by atoms with Crippen molar-refractivity contribution in [2.75, 3.05) is 20.1 Å². The third-order valence-electron chi connectivity index (χ3n) is 3.92. The van der Waals surface area contributed by atoms with Crippen molar-refractivity contribution in [1.29, 1.82) is 0 Å². The first-order valence-corrected chi connectivity index (χ1v) is 8.61. The van der Waals surface area contributed by atoms with Gasteiger partial charge in [0.2, 0.25) is 0 Å². The number of amides is 2. The number of carbonyl (C=O) groups is 2. The first-order valence-electron chi connectivity index (χ1n) is 8.61. The van der Waals surface area contributed by atoms with Crippen LogP contribution in [0.1, 0.15) is 27.9 Å². The van der Waals surface area contributed by atoms with Gasteiger partial charge in [-0.1, -0.05) is 42.5 Å². The molecule has 0 fully saturated rings. The molecule has 3 N–H and O–H groups in total. The van der Waals surface area contributed by atoms with Crippen LogP contribution in [0.5, 0.6) is 0 Å². The number of aromatic carboxylic acids is 1. The molecule has 0 aliphatic heterocycles. The van der Waals surface area contributed by atoms with Crippen molar-refractivity contribution in [3.63, 3.8) is 0 Å². The summed E-state index contributed by atoms with van der Waals surface area (Å²) in [6.45, 7) is 2.64. The first-order chi connectivity index (χ1) is 12.5. The Morgan fingerprint density at radius 1 is 1.00 bits per heavy atom. The van der Waals surface area contributed by atoms with Crippen LogP contribution in [-0.2, 0) is 13.1 Å². The molecule has 6 nitrogen and oxygen atoms in total. The highest BCUT2D eigenvalue weighted by molar-refractivity contribution is 5.87. The molecule has 6 heteroatoms. The number of nitrogens with zero attached hydrogens (tertiary/aromatic N) is 1. The number of nitrogens with one attached hydrogen (secondary N) is 2. The van der Waals surface area contributed by atoms with Crippen LogP contribution in [0.15, 0.2) is 54.6 Å². The lowest BCUT2D eigenvalue weighted by molar-refractivity contribution is 0.0696. The number of rotatable bonds is 9. The summed E-state index contributed by atoms with van der Waals surface area (Å²) in [7, 11) is 2.06. The van der Waals surface area contributed by atoms with E-state index in [1.807, 2.05) is 18.2 Å². The summed E-state index contributed by atoms with van der Waals surface area (Å²) in [4.78, 5) is 25.0. The van der Waals surface area contributed by atoms with Gasteiger partial charge in [-0.05, 0) is 43.3 Å². The van der Waals surface area contributed by atoms with Gasteiger partial charge in [0.05, 0.1) is 5.56 Å². The molecular formula is C20H25N3O3. The molecule has 0 heterocycles. The lowest BCUT2D eigenvalue weighted by Crippen LogP contribution is -2.36. The number of benzene rings is 2. The molecule has 2 amide bonds. The smallest absolute Gasteiger partial charge is 0.335 e. The molecule has 138 valence electrons. The fourth-order valence-corrected chi connectivity index (χ4v) is 2.58. The van der Waals surface area contributed by atoms with Gasteiger partial charge in [-0.25, -0.2) is 9.59 Å². The van der Waals surface area contributed by atoms with Crippen molar-refractivity contribution in [2.24, 2.45) is 0 Å². The SMILES string of the molecule is CN(CCCNC(=O)NCc1cccc(C(=O)O)c1)Cc1ccccc1. The zero-order valence-electron chi connectivity index (χ0n) is 14.9. The highest BCUT2D eigenvalue weighted by atomic mass is 16.4. The molecule has 0 unspecified atom stereocenters. The predicted octanol–water partition coefficient (Wildman–Crippen LogP) is 2.71. The zero-order valence-corrected chi connectivity index (χ0v) is 14.9. The third-order valence-corrected chi connectivity index (χ3v) is 3.92. The van der Waals surface area contributed by atoms with Crippen LogP contribution in [0.3, 0.4) is 0 Å². The second-order valence-corrected chi connectivity index (χ2v) is 6.19. The number of urea groups is 1. The Bertz CT molecular complexity index is 719. The van der Waals surface area contributed by atoms with E-state index in [0.29, 0.717) is 13.1 Å². The Labute approximate surface area is 153 Å². The van der Waals surface area contributed by atoms with Gasteiger partial charge >= 0.3 is 12.0 Å².